The number of nitrogens with two attached hydrogens (primary N) is 1. The van der Waals surface area contributed by atoms with Crippen molar-refractivity contribution in [3.63, 3.8) is 0 Å². The van der Waals surface area contributed by atoms with Crippen molar-refractivity contribution in [2.24, 2.45) is 5.73 Å². The number of carbonyl (C=O) groups is 1. The zero-order valence-corrected chi connectivity index (χ0v) is 8.86. The number of para-hydroxylation sites is 2. The van der Waals surface area contributed by atoms with Crippen LogP contribution in [0.5, 0.6) is 0 Å². The van der Waals surface area contributed by atoms with Crippen molar-refractivity contribution < 1.29 is 4.79 Å². The van der Waals surface area contributed by atoms with E-state index in [0.29, 0.717) is 19.4 Å². The second kappa shape index (κ2) is 4.65. The first kappa shape index (κ1) is 10.5. The average molecular weight is 218 g/mol. The molecule has 0 saturated carbocycles. The second-order valence-electron chi connectivity index (χ2n) is 3.60. The summed E-state index contributed by atoms with van der Waals surface area (Å²) in [7, 11) is 0. The third-order valence-electron chi connectivity index (χ3n) is 2.28. The van der Waals surface area contributed by atoms with Crippen molar-refractivity contribution in [2.75, 3.05) is 11.9 Å². The molecule has 84 valence electrons. The Morgan fingerprint density at radius 1 is 1.44 bits per heavy atom. The summed E-state index contributed by atoms with van der Waals surface area (Å²) in [5, 5.41) is 3.12. The van der Waals surface area contributed by atoms with Crippen LogP contribution < -0.4 is 11.1 Å². The van der Waals surface area contributed by atoms with Gasteiger partial charge in [-0.25, -0.2) is 4.98 Å². The van der Waals surface area contributed by atoms with Crippen LogP contribution in [0.15, 0.2) is 24.3 Å². The van der Waals surface area contributed by atoms with Crippen molar-refractivity contribution in [2.45, 2.75) is 12.8 Å². The molecule has 4 N–H and O–H groups in total. The van der Waals surface area contributed by atoms with Crippen molar-refractivity contribution in [1.82, 2.24) is 9.97 Å². The summed E-state index contributed by atoms with van der Waals surface area (Å²) in [4.78, 5) is 18.0. The monoisotopic (exact) mass is 218 g/mol. The molecule has 0 saturated heterocycles. The van der Waals surface area contributed by atoms with Crippen molar-refractivity contribution in [3.05, 3.63) is 24.3 Å². The minimum absolute atomic E-state index is 0.272. The van der Waals surface area contributed by atoms with Gasteiger partial charge in [0, 0.05) is 13.0 Å². The molecule has 0 aliphatic carbocycles. The molecule has 1 amide bonds. The first-order valence-corrected chi connectivity index (χ1v) is 5.22. The van der Waals surface area contributed by atoms with E-state index in [1.165, 1.54) is 0 Å². The second-order valence-corrected chi connectivity index (χ2v) is 3.60. The highest BCUT2D eigenvalue weighted by molar-refractivity contribution is 5.77. The zero-order chi connectivity index (χ0) is 11.4. The number of nitrogens with one attached hydrogen (secondary N) is 2. The average Bonchev–Trinajstić information content (AvgIpc) is 2.66. The van der Waals surface area contributed by atoms with Gasteiger partial charge in [-0.3, -0.25) is 4.79 Å². The summed E-state index contributed by atoms with van der Waals surface area (Å²) in [6, 6.07) is 7.81. The van der Waals surface area contributed by atoms with Crippen molar-refractivity contribution >= 4 is 22.9 Å². The standard InChI is InChI=1S/C11H14N4O/c12-10(16)6-3-7-13-11-14-8-4-1-2-5-9(8)15-11/h1-2,4-5H,3,6-7H2,(H2,12,16)(H2,13,14,15). The van der Waals surface area contributed by atoms with Gasteiger partial charge in [0.1, 0.15) is 0 Å². The molecule has 1 aromatic carbocycles. The topological polar surface area (TPSA) is 83.8 Å². The quantitative estimate of drug-likeness (QED) is 0.660. The van der Waals surface area contributed by atoms with E-state index in [1.54, 1.807) is 0 Å². The highest BCUT2D eigenvalue weighted by Crippen LogP contribution is 2.12. The van der Waals surface area contributed by atoms with Crippen LogP contribution in [-0.4, -0.2) is 22.4 Å². The Labute approximate surface area is 93.1 Å². The summed E-state index contributed by atoms with van der Waals surface area (Å²) in [6.07, 6.45) is 1.11. The fraction of sp³-hybridized carbons (Fsp3) is 0.273. The number of hydrogen-bond acceptors (Lipinski definition) is 3. The van der Waals surface area contributed by atoms with Crippen LogP contribution in [0, 0.1) is 0 Å². The summed E-state index contributed by atoms with van der Waals surface area (Å²) >= 11 is 0. The summed E-state index contributed by atoms with van der Waals surface area (Å²) in [5.41, 5.74) is 6.97. The van der Waals surface area contributed by atoms with Crippen LogP contribution in [0.2, 0.25) is 0 Å². The summed E-state index contributed by atoms with van der Waals surface area (Å²) < 4.78 is 0. The molecular formula is C11H14N4O. The molecule has 2 aromatic rings. The van der Waals surface area contributed by atoms with Crippen molar-refractivity contribution in [1.29, 1.82) is 0 Å². The SMILES string of the molecule is NC(=O)CCCNc1nc2ccccc2[nH]1. The molecule has 16 heavy (non-hydrogen) atoms. The van der Waals surface area contributed by atoms with E-state index in [1.807, 2.05) is 24.3 Å². The molecular weight excluding hydrogens is 204 g/mol. The van der Waals surface area contributed by atoms with Crippen LogP contribution in [-0.2, 0) is 4.79 Å². The number of imidazole rings is 1. The van der Waals surface area contributed by atoms with E-state index in [2.05, 4.69) is 15.3 Å². The van der Waals surface area contributed by atoms with E-state index in [9.17, 15) is 4.79 Å². The molecule has 2 rings (SSSR count). The van der Waals surface area contributed by atoms with Gasteiger partial charge in [-0.05, 0) is 18.6 Å². The number of benzene rings is 1. The minimum Gasteiger partial charge on any atom is -0.370 e. The lowest BCUT2D eigenvalue weighted by atomic mass is 10.3. The van der Waals surface area contributed by atoms with E-state index in [-0.39, 0.29) is 5.91 Å². The molecule has 0 aliphatic rings. The molecule has 0 fully saturated rings. The van der Waals surface area contributed by atoms with E-state index in [0.717, 1.165) is 17.0 Å². The van der Waals surface area contributed by atoms with Gasteiger partial charge >= 0.3 is 0 Å². The number of hydrogen-bond donors (Lipinski definition) is 3. The number of aromatic amines is 1. The Kier molecular flexibility index (Phi) is 3.05. The van der Waals surface area contributed by atoms with Gasteiger partial charge in [0.2, 0.25) is 11.9 Å². The van der Waals surface area contributed by atoms with Gasteiger partial charge < -0.3 is 16.0 Å². The molecule has 1 aromatic heterocycles. The number of anilines is 1. The molecule has 1 heterocycles. The molecule has 0 bridgehead atoms. The lowest BCUT2D eigenvalue weighted by molar-refractivity contribution is -0.118. The normalized spacial score (nSPS) is 10.5. The number of H-pyrrole nitrogens is 1. The summed E-state index contributed by atoms with van der Waals surface area (Å²) in [6.45, 7) is 0.683. The number of aromatic nitrogens is 2. The lowest BCUT2D eigenvalue weighted by Crippen LogP contribution is -2.12. The maximum atomic E-state index is 10.5. The molecule has 0 radical (unpaired) electrons. The predicted molar refractivity (Wildman–Crippen MR) is 63.0 cm³/mol. The van der Waals surface area contributed by atoms with E-state index >= 15 is 0 Å². The first-order valence-electron chi connectivity index (χ1n) is 5.22. The predicted octanol–water partition coefficient (Wildman–Crippen LogP) is 1.24. The van der Waals surface area contributed by atoms with Crippen LogP contribution in [0.1, 0.15) is 12.8 Å². The maximum Gasteiger partial charge on any atom is 0.217 e. The van der Waals surface area contributed by atoms with Crippen LogP contribution in [0.4, 0.5) is 5.95 Å². The van der Waals surface area contributed by atoms with E-state index in [4.69, 9.17) is 5.73 Å². The largest absolute Gasteiger partial charge is 0.370 e. The third kappa shape index (κ3) is 2.50. The van der Waals surface area contributed by atoms with Gasteiger partial charge in [0.25, 0.3) is 0 Å². The molecule has 5 heteroatoms. The molecule has 0 unspecified atom stereocenters. The smallest absolute Gasteiger partial charge is 0.217 e. The Hall–Kier alpha value is -2.04. The Balaban J connectivity index is 1.92. The zero-order valence-electron chi connectivity index (χ0n) is 8.86. The van der Waals surface area contributed by atoms with Gasteiger partial charge in [-0.1, -0.05) is 12.1 Å². The van der Waals surface area contributed by atoms with E-state index < -0.39 is 0 Å². The van der Waals surface area contributed by atoms with Gasteiger partial charge in [0.15, 0.2) is 0 Å². The minimum atomic E-state index is -0.272. The number of nitrogens with zero attached hydrogens (tertiary/aromatic N) is 1. The number of primary amides is 1. The number of carbonyl (C=O) groups excluding carboxylic acids is 1. The fourth-order valence-corrected chi connectivity index (χ4v) is 1.51. The molecule has 0 spiro atoms. The van der Waals surface area contributed by atoms with Gasteiger partial charge in [-0.15, -0.1) is 0 Å². The molecule has 5 nitrogen and oxygen atoms in total. The van der Waals surface area contributed by atoms with Gasteiger partial charge in [-0.2, -0.15) is 0 Å². The molecule has 0 atom stereocenters. The molecule has 0 aliphatic heterocycles. The lowest BCUT2D eigenvalue weighted by Gasteiger charge is -2.00. The van der Waals surface area contributed by atoms with Crippen molar-refractivity contribution in [3.8, 4) is 0 Å². The van der Waals surface area contributed by atoms with Crippen LogP contribution >= 0.6 is 0 Å². The maximum absolute atomic E-state index is 10.5. The number of rotatable bonds is 5. The fourth-order valence-electron chi connectivity index (χ4n) is 1.51. The number of amides is 1. The highest BCUT2D eigenvalue weighted by Gasteiger charge is 2.00. The third-order valence-corrected chi connectivity index (χ3v) is 2.28. The summed E-state index contributed by atoms with van der Waals surface area (Å²) in [5.74, 6) is 0.456. The Morgan fingerprint density at radius 2 is 2.25 bits per heavy atom. The Bertz CT molecular complexity index is 458. The van der Waals surface area contributed by atoms with Crippen LogP contribution in [0.25, 0.3) is 11.0 Å². The highest BCUT2D eigenvalue weighted by atomic mass is 16.1. The first-order chi connectivity index (χ1) is 7.75. The van der Waals surface area contributed by atoms with Crippen LogP contribution in [0.3, 0.4) is 0 Å². The number of fused-ring (bicyclic) bond motifs is 1. The van der Waals surface area contributed by atoms with Gasteiger partial charge in [0.05, 0.1) is 11.0 Å². The Morgan fingerprint density at radius 3 is 3.00 bits per heavy atom.